The zero-order valence-corrected chi connectivity index (χ0v) is 26.9. The monoisotopic (exact) mass is 630 g/mol. The highest BCUT2D eigenvalue weighted by Gasteiger charge is 2.33. The first-order chi connectivity index (χ1) is 22.5. The third-order valence-corrected chi connectivity index (χ3v) is 12.1. The third-order valence-electron chi connectivity index (χ3n) is 9.23. The normalized spacial score (nSPS) is 13.4. The molecule has 4 heteroatoms. The van der Waals surface area contributed by atoms with Crippen molar-refractivity contribution in [3.05, 3.63) is 180 Å². The van der Waals surface area contributed by atoms with E-state index >= 15 is 0 Å². The Hall–Kier alpha value is -4.58. The second-order valence-corrected chi connectivity index (χ2v) is 14.7. The summed E-state index contributed by atoms with van der Waals surface area (Å²) in [5.41, 5.74) is 3.23. The van der Waals surface area contributed by atoms with E-state index in [2.05, 4.69) is 104 Å². The van der Waals surface area contributed by atoms with E-state index in [1.807, 2.05) is 66.7 Å². The molecule has 2 unspecified atom stereocenters. The van der Waals surface area contributed by atoms with Gasteiger partial charge in [-0.25, -0.2) is 0 Å². The van der Waals surface area contributed by atoms with E-state index in [1.165, 1.54) is 16.7 Å². The molecule has 0 aromatic heterocycles. The van der Waals surface area contributed by atoms with Gasteiger partial charge in [0, 0.05) is 43.9 Å². The van der Waals surface area contributed by atoms with Crippen LogP contribution in [0, 0.1) is 0 Å². The molecule has 46 heavy (non-hydrogen) atoms. The average Bonchev–Trinajstić information content (AvgIpc) is 3.14. The molecule has 0 fully saturated rings. The Morgan fingerprint density at radius 2 is 0.804 bits per heavy atom. The standard InChI is InChI=1S/C42H30O2S2/c1-42(31-14-6-2-7-15-31,32-16-8-3-9-17-32)33-26-29-22-24-36-38(45(43)34-18-10-4-11-19-34)28-39(46(44)35-20-12-5-13-21-35)37-25-23-30(27-33)40(29)41(36)37/h2-28H,1H3. The minimum Gasteiger partial charge on any atom is -0.606 e. The maximum Gasteiger partial charge on any atom is 0.171 e. The van der Waals surface area contributed by atoms with Crippen molar-refractivity contribution in [3.8, 4) is 0 Å². The predicted octanol–water partition coefficient (Wildman–Crippen LogP) is 10.3. The fraction of sp³-hybridized carbons (Fsp3) is 0.0476. The molecule has 8 rings (SSSR count). The number of hydrogen-bond donors (Lipinski definition) is 0. The molecule has 0 amide bonds. The highest BCUT2D eigenvalue weighted by molar-refractivity contribution is 7.92. The summed E-state index contributed by atoms with van der Waals surface area (Å²) >= 11 is -2.93. The van der Waals surface area contributed by atoms with Crippen molar-refractivity contribution in [3.63, 3.8) is 0 Å². The second-order valence-electron chi connectivity index (χ2n) is 11.8. The zero-order chi connectivity index (χ0) is 31.3. The molecule has 0 aliphatic carbocycles. The van der Waals surface area contributed by atoms with Gasteiger partial charge < -0.3 is 9.11 Å². The van der Waals surface area contributed by atoms with E-state index in [0.29, 0.717) is 9.79 Å². The van der Waals surface area contributed by atoms with Gasteiger partial charge in [-0.2, -0.15) is 0 Å². The van der Waals surface area contributed by atoms with Crippen LogP contribution < -0.4 is 0 Å². The van der Waals surface area contributed by atoms with E-state index in [0.717, 1.165) is 42.1 Å². The SMILES string of the molecule is CC(c1ccccc1)(c1ccccc1)c1cc2ccc3c([S+]([O-])c4ccccc4)cc([S+]([O-])c4ccccc4)c4ccc(c1)c2c34. The summed E-state index contributed by atoms with van der Waals surface area (Å²) in [5.74, 6) is 0. The van der Waals surface area contributed by atoms with Crippen molar-refractivity contribution < 1.29 is 9.11 Å². The van der Waals surface area contributed by atoms with Crippen LogP contribution in [0.3, 0.4) is 0 Å². The van der Waals surface area contributed by atoms with Crippen LogP contribution in [0.5, 0.6) is 0 Å². The van der Waals surface area contributed by atoms with Crippen molar-refractivity contribution >= 4 is 54.7 Å². The first-order valence-electron chi connectivity index (χ1n) is 15.3. The van der Waals surface area contributed by atoms with Gasteiger partial charge in [-0.05, 0) is 88.3 Å². The Morgan fingerprint density at radius 3 is 1.22 bits per heavy atom. The van der Waals surface area contributed by atoms with Crippen molar-refractivity contribution in [2.75, 3.05) is 0 Å². The van der Waals surface area contributed by atoms with E-state index in [1.54, 1.807) is 0 Å². The molecule has 0 saturated heterocycles. The third kappa shape index (κ3) is 4.69. The van der Waals surface area contributed by atoms with Gasteiger partial charge in [-0.3, -0.25) is 0 Å². The Balaban J connectivity index is 1.42. The van der Waals surface area contributed by atoms with E-state index in [9.17, 15) is 9.11 Å². The minimum atomic E-state index is -1.47. The van der Waals surface area contributed by atoms with E-state index in [4.69, 9.17) is 0 Å². The number of hydrogen-bond acceptors (Lipinski definition) is 2. The molecular formula is C42H30O2S2. The summed E-state index contributed by atoms with van der Waals surface area (Å²) in [6.45, 7) is 2.30. The molecule has 0 aliphatic rings. The van der Waals surface area contributed by atoms with E-state index in [-0.39, 0.29) is 0 Å². The molecule has 0 N–H and O–H groups in total. The highest BCUT2D eigenvalue weighted by atomic mass is 32.2. The predicted molar refractivity (Wildman–Crippen MR) is 191 cm³/mol. The van der Waals surface area contributed by atoms with Crippen LogP contribution in [0.15, 0.2) is 183 Å². The molecule has 0 aliphatic heterocycles. The lowest BCUT2D eigenvalue weighted by Crippen LogP contribution is -2.25. The molecule has 0 saturated carbocycles. The second kappa shape index (κ2) is 11.7. The summed E-state index contributed by atoms with van der Waals surface area (Å²) in [4.78, 5) is 2.79. The lowest BCUT2D eigenvalue weighted by Gasteiger charge is -2.32. The molecular weight excluding hydrogens is 601 g/mol. The van der Waals surface area contributed by atoms with Crippen molar-refractivity contribution in [2.24, 2.45) is 0 Å². The number of benzene rings is 8. The van der Waals surface area contributed by atoms with Crippen LogP contribution in [0.4, 0.5) is 0 Å². The topological polar surface area (TPSA) is 46.1 Å². The van der Waals surface area contributed by atoms with Crippen LogP contribution in [-0.2, 0) is 27.8 Å². The first-order valence-corrected chi connectivity index (χ1v) is 17.6. The molecule has 0 spiro atoms. The molecule has 222 valence electrons. The van der Waals surface area contributed by atoms with Gasteiger partial charge >= 0.3 is 0 Å². The van der Waals surface area contributed by atoms with Crippen molar-refractivity contribution in [1.82, 2.24) is 0 Å². The van der Waals surface area contributed by atoms with Crippen molar-refractivity contribution in [1.29, 1.82) is 0 Å². The Labute approximate surface area is 275 Å². The van der Waals surface area contributed by atoms with Gasteiger partial charge in [0.05, 0.1) is 6.07 Å². The summed E-state index contributed by atoms with van der Waals surface area (Å²) in [6, 6.07) is 55.4. The smallest absolute Gasteiger partial charge is 0.171 e. The quantitative estimate of drug-likeness (QED) is 0.0999. The average molecular weight is 631 g/mol. The molecule has 2 nitrogen and oxygen atoms in total. The van der Waals surface area contributed by atoms with Gasteiger partial charge in [0.25, 0.3) is 0 Å². The van der Waals surface area contributed by atoms with Crippen LogP contribution >= 0.6 is 0 Å². The van der Waals surface area contributed by atoms with Gasteiger partial charge in [-0.15, -0.1) is 0 Å². The lowest BCUT2D eigenvalue weighted by molar-refractivity contribution is 0.593. The maximum absolute atomic E-state index is 14.2. The fourth-order valence-corrected chi connectivity index (χ4v) is 9.41. The van der Waals surface area contributed by atoms with Crippen LogP contribution in [0.25, 0.3) is 32.3 Å². The Morgan fingerprint density at radius 1 is 0.413 bits per heavy atom. The maximum atomic E-state index is 14.2. The molecule has 8 aromatic rings. The van der Waals surface area contributed by atoms with Gasteiger partial charge in [0.15, 0.2) is 19.6 Å². The number of rotatable bonds is 7. The molecule has 0 heterocycles. The summed E-state index contributed by atoms with van der Waals surface area (Å²) < 4.78 is 28.4. The largest absolute Gasteiger partial charge is 0.606 e. The molecule has 8 aromatic carbocycles. The van der Waals surface area contributed by atoms with Crippen LogP contribution in [-0.4, -0.2) is 9.11 Å². The lowest BCUT2D eigenvalue weighted by atomic mass is 9.70. The zero-order valence-electron chi connectivity index (χ0n) is 25.2. The summed E-state index contributed by atoms with van der Waals surface area (Å²) in [7, 11) is 0. The minimum absolute atomic E-state index is 0.396. The Kier molecular flexibility index (Phi) is 7.31. The van der Waals surface area contributed by atoms with Gasteiger partial charge in [0.1, 0.15) is 0 Å². The summed E-state index contributed by atoms with van der Waals surface area (Å²) in [6.07, 6.45) is 0. The highest BCUT2D eigenvalue weighted by Crippen LogP contribution is 2.46. The molecule has 0 radical (unpaired) electrons. The van der Waals surface area contributed by atoms with E-state index < -0.39 is 27.8 Å². The van der Waals surface area contributed by atoms with Crippen molar-refractivity contribution in [2.45, 2.75) is 31.9 Å². The first kappa shape index (κ1) is 28.9. The van der Waals surface area contributed by atoms with Crippen LogP contribution in [0.2, 0.25) is 0 Å². The fourth-order valence-electron chi connectivity index (χ4n) is 6.83. The molecule has 2 atom stereocenters. The van der Waals surface area contributed by atoms with Gasteiger partial charge in [0.2, 0.25) is 0 Å². The van der Waals surface area contributed by atoms with Crippen LogP contribution in [0.1, 0.15) is 23.6 Å². The summed E-state index contributed by atoms with van der Waals surface area (Å²) in [5, 5.41) is 6.14. The van der Waals surface area contributed by atoms with Gasteiger partial charge in [-0.1, -0.05) is 109 Å². The Bertz CT molecular complexity index is 2140. The molecule has 0 bridgehead atoms.